The minimum absolute atomic E-state index is 0. The van der Waals surface area contributed by atoms with E-state index in [9.17, 15) is 0 Å². The first-order valence-electron chi connectivity index (χ1n) is 9.24. The van der Waals surface area contributed by atoms with Crippen molar-refractivity contribution in [3.8, 4) is 0 Å². The summed E-state index contributed by atoms with van der Waals surface area (Å²) in [6, 6.07) is 0. The van der Waals surface area contributed by atoms with Crippen LogP contribution >= 0.6 is 0 Å². The van der Waals surface area contributed by atoms with Crippen molar-refractivity contribution in [1.29, 1.82) is 0 Å². The van der Waals surface area contributed by atoms with Crippen LogP contribution in [0.5, 0.6) is 0 Å². The van der Waals surface area contributed by atoms with Crippen molar-refractivity contribution in [2.75, 3.05) is 0 Å². The number of rotatable bonds is 13. The Morgan fingerprint density at radius 2 is 0.905 bits per heavy atom. The van der Waals surface area contributed by atoms with Gasteiger partial charge >= 0.3 is 10.1 Å². The van der Waals surface area contributed by atoms with Crippen molar-refractivity contribution >= 4 is 10.1 Å². The van der Waals surface area contributed by atoms with E-state index in [1.54, 1.807) is 0 Å². The van der Waals surface area contributed by atoms with Crippen LogP contribution in [-0.2, 0) is 0 Å². The quantitative estimate of drug-likeness (QED) is 0.346. The van der Waals surface area contributed by atoms with Gasteiger partial charge in [-0.05, 0) is 23.7 Å². The Kier molecular flexibility index (Phi) is 16.8. The predicted molar refractivity (Wildman–Crippen MR) is 102 cm³/mol. The van der Waals surface area contributed by atoms with Crippen molar-refractivity contribution in [2.24, 2.45) is 23.7 Å². The Morgan fingerprint density at radius 3 is 1.24 bits per heavy atom. The first-order chi connectivity index (χ1) is 9.45. The molecule has 21 heavy (non-hydrogen) atoms. The summed E-state index contributed by atoms with van der Waals surface area (Å²) in [5.74, 6) is 3.56. The Labute approximate surface area is 140 Å². The zero-order valence-corrected chi connectivity index (χ0v) is 15.1. The van der Waals surface area contributed by atoms with Crippen molar-refractivity contribution in [3.05, 3.63) is 6.92 Å². The zero-order chi connectivity index (χ0) is 15.4. The van der Waals surface area contributed by atoms with Crippen LogP contribution in [0.3, 0.4) is 0 Å². The van der Waals surface area contributed by atoms with Crippen LogP contribution in [0.1, 0.15) is 98.8 Å². The normalized spacial score (nSPS) is 15.6. The fourth-order valence-corrected chi connectivity index (χ4v) is 2.94. The zero-order valence-electron chi connectivity index (χ0n) is 15.1. The third kappa shape index (κ3) is 16.4. The molecule has 0 rings (SSSR count). The molecule has 0 saturated carbocycles. The van der Waals surface area contributed by atoms with Crippen LogP contribution in [0.25, 0.3) is 0 Å². The van der Waals surface area contributed by atoms with Gasteiger partial charge in [0.1, 0.15) is 0 Å². The molecule has 0 bridgehead atoms. The minimum atomic E-state index is 0. The van der Waals surface area contributed by atoms with E-state index in [0.29, 0.717) is 0 Å². The van der Waals surface area contributed by atoms with Crippen molar-refractivity contribution in [3.63, 3.8) is 0 Å². The van der Waals surface area contributed by atoms with Gasteiger partial charge in [0.25, 0.3) is 0 Å². The summed E-state index contributed by atoms with van der Waals surface area (Å²) >= 11 is 0. The molecular weight excluding hydrogens is 249 g/mol. The maximum absolute atomic E-state index is 3.99. The first-order valence-corrected chi connectivity index (χ1v) is 9.24. The summed E-state index contributed by atoms with van der Waals surface area (Å²) < 4.78 is 0. The summed E-state index contributed by atoms with van der Waals surface area (Å²) in [4.78, 5) is 0. The summed E-state index contributed by atoms with van der Waals surface area (Å²) in [5, 5.41) is 0. The smallest absolute Gasteiger partial charge is 0.0443 e. The molecule has 0 aliphatic rings. The molecule has 3 atom stereocenters. The molecule has 1 radical (unpaired) electrons. The fraction of sp³-hybridized carbons (Fsp3) is 0.950. The molecule has 0 spiro atoms. The average Bonchev–Trinajstić information content (AvgIpc) is 2.38. The summed E-state index contributed by atoms with van der Waals surface area (Å²) in [5.41, 5.74) is 0. The average molecular weight is 293 g/mol. The van der Waals surface area contributed by atoms with Crippen LogP contribution in [0.4, 0.5) is 0 Å². The van der Waals surface area contributed by atoms with E-state index in [1.807, 2.05) is 0 Å². The molecule has 0 aromatic carbocycles. The van der Waals surface area contributed by atoms with E-state index in [-0.39, 0.29) is 10.1 Å². The van der Waals surface area contributed by atoms with E-state index >= 15 is 0 Å². The molecule has 0 fully saturated rings. The fourth-order valence-electron chi connectivity index (χ4n) is 2.94. The van der Waals surface area contributed by atoms with Gasteiger partial charge < -0.3 is 0 Å². The molecule has 0 heterocycles. The van der Waals surface area contributed by atoms with Crippen molar-refractivity contribution < 1.29 is 0 Å². The van der Waals surface area contributed by atoms with Crippen LogP contribution in [0, 0.1) is 30.6 Å². The summed E-state index contributed by atoms with van der Waals surface area (Å²) in [6.07, 6.45) is 13.9. The molecule has 1 heteroatoms. The number of hydrogen-bond donors (Lipinski definition) is 0. The minimum Gasteiger partial charge on any atom is -0.0628 e. The molecule has 0 aliphatic heterocycles. The van der Waals surface area contributed by atoms with E-state index < -0.39 is 0 Å². The largest absolute Gasteiger partial charge is 0.0628 e. The van der Waals surface area contributed by atoms with Crippen LogP contribution < -0.4 is 0 Å². The Bertz CT molecular complexity index is 200. The molecule has 3 unspecified atom stereocenters. The molecule has 0 saturated heterocycles. The first kappa shape index (κ1) is 23.4. The van der Waals surface area contributed by atoms with Gasteiger partial charge in [-0.25, -0.2) is 0 Å². The molecule has 0 aromatic rings. The Balaban J connectivity index is 0. The van der Waals surface area contributed by atoms with E-state index in [2.05, 4.69) is 41.5 Å². The van der Waals surface area contributed by atoms with Gasteiger partial charge in [-0.3, -0.25) is 0 Å². The van der Waals surface area contributed by atoms with Crippen LogP contribution in [-0.4, -0.2) is 10.1 Å². The molecule has 0 nitrogen and oxygen atoms in total. The maximum atomic E-state index is 3.99. The van der Waals surface area contributed by atoms with E-state index in [1.165, 1.54) is 57.8 Å². The van der Waals surface area contributed by atoms with Gasteiger partial charge in [0.15, 0.2) is 0 Å². The van der Waals surface area contributed by atoms with Gasteiger partial charge in [0.05, 0.1) is 0 Å². The van der Waals surface area contributed by atoms with Gasteiger partial charge in [-0.2, -0.15) is 0 Å². The van der Waals surface area contributed by atoms with Gasteiger partial charge in [-0.15, -0.1) is 0 Å². The van der Waals surface area contributed by atoms with Gasteiger partial charge in [-0.1, -0.05) is 106 Å². The summed E-state index contributed by atoms with van der Waals surface area (Å²) in [7, 11) is 0. The van der Waals surface area contributed by atoms with Gasteiger partial charge in [0.2, 0.25) is 0 Å². The molecular formula is C20H43Be. The molecule has 0 N–H and O–H groups in total. The Hall–Kier alpha value is 0.169. The SMILES string of the molecule is [BeH2].[CH2]CC(C)CCCC(C)CCCC(C)CCCC(C)C. The molecule has 0 aliphatic carbocycles. The second kappa shape index (κ2) is 15.1. The van der Waals surface area contributed by atoms with Crippen molar-refractivity contribution in [1.82, 2.24) is 0 Å². The van der Waals surface area contributed by atoms with Crippen LogP contribution in [0.15, 0.2) is 0 Å². The predicted octanol–water partition coefficient (Wildman–Crippen LogP) is 6.37. The topological polar surface area (TPSA) is 0 Å². The Morgan fingerprint density at radius 1 is 0.571 bits per heavy atom. The second-order valence-corrected chi connectivity index (χ2v) is 7.79. The number of hydrogen-bond acceptors (Lipinski definition) is 0. The van der Waals surface area contributed by atoms with Crippen LogP contribution in [0.2, 0.25) is 0 Å². The van der Waals surface area contributed by atoms with E-state index in [0.717, 1.165) is 30.1 Å². The second-order valence-electron chi connectivity index (χ2n) is 7.79. The third-order valence-corrected chi connectivity index (χ3v) is 4.76. The standard InChI is InChI=1S/C20H41.Be.2H/c1-7-18(4)12-9-14-20(6)16-10-15-19(5)13-8-11-17(2)3;;;/h17-20H,1,7-16H2,2-6H3;;;. The summed E-state index contributed by atoms with van der Waals surface area (Å²) in [6.45, 7) is 15.9. The third-order valence-electron chi connectivity index (χ3n) is 4.76. The van der Waals surface area contributed by atoms with E-state index in [4.69, 9.17) is 0 Å². The van der Waals surface area contributed by atoms with Crippen molar-refractivity contribution in [2.45, 2.75) is 98.8 Å². The molecule has 0 amide bonds. The monoisotopic (exact) mass is 292 g/mol. The van der Waals surface area contributed by atoms with Gasteiger partial charge in [0, 0.05) is 0 Å². The molecule has 0 aromatic heterocycles. The maximum Gasteiger partial charge on any atom is -0.0443 e. The molecule has 125 valence electrons.